The van der Waals surface area contributed by atoms with Crippen molar-refractivity contribution < 1.29 is 67.2 Å². The number of aromatic nitrogens is 4. The number of benzene rings is 3. The number of hydrogen-bond acceptors (Lipinski definition) is 18. The summed E-state index contributed by atoms with van der Waals surface area (Å²) in [5.41, 5.74) is 2.77. The fourth-order valence-electron chi connectivity index (χ4n) is 11.9. The van der Waals surface area contributed by atoms with Crippen molar-refractivity contribution in [2.24, 2.45) is 35.5 Å². The molecule has 1 aliphatic rings. The van der Waals surface area contributed by atoms with Crippen molar-refractivity contribution in [3.05, 3.63) is 102 Å². The Hall–Kier alpha value is -8.53. The first kappa shape index (κ1) is 80.2. The van der Waals surface area contributed by atoms with E-state index in [9.17, 15) is 48.3 Å². The number of carbonyl (C=O) groups excluding carboxylic acids is 9. The van der Waals surface area contributed by atoms with E-state index in [0.717, 1.165) is 6.42 Å². The minimum absolute atomic E-state index is 0.0314. The van der Waals surface area contributed by atoms with Crippen LogP contribution in [0.5, 0.6) is 0 Å². The number of nitrogens with zero attached hydrogens (tertiary/aromatic N) is 7. The number of aliphatic hydroxyl groups is 1. The first-order valence-corrected chi connectivity index (χ1v) is 34.0. The maximum atomic E-state index is 14.8. The average molecular weight is 1360 g/mol. The fourth-order valence-corrected chi connectivity index (χ4v) is 11.9. The van der Waals surface area contributed by atoms with Gasteiger partial charge in [0.05, 0.1) is 57.1 Å². The number of nitrogens with one attached hydrogen (secondary N) is 6. The Balaban J connectivity index is 1.05. The van der Waals surface area contributed by atoms with Crippen molar-refractivity contribution >= 4 is 59.0 Å². The molecule has 1 saturated heterocycles. The molecule has 0 saturated carbocycles. The third-order valence-electron chi connectivity index (χ3n) is 18.1. The summed E-state index contributed by atoms with van der Waals surface area (Å²) in [6.07, 6.45) is 0.869. The van der Waals surface area contributed by atoms with Gasteiger partial charge in [-0.05, 0) is 91.7 Å². The van der Waals surface area contributed by atoms with E-state index in [1.165, 1.54) is 32.3 Å². The molecule has 538 valence electrons. The number of hydrogen-bond donors (Lipinski definition) is 7. The lowest BCUT2D eigenvalue weighted by Crippen LogP contribution is -2.60. The third-order valence-corrected chi connectivity index (χ3v) is 18.1. The second kappa shape index (κ2) is 39.8. The molecule has 1 fully saturated rings. The number of methoxy groups -OCH3 is 1. The first-order chi connectivity index (χ1) is 46.6. The Kier molecular flexibility index (Phi) is 32.5. The van der Waals surface area contributed by atoms with E-state index in [1.807, 2.05) is 76.8 Å². The molecule has 98 heavy (non-hydrogen) atoms. The van der Waals surface area contributed by atoms with Crippen LogP contribution in [-0.2, 0) is 59.1 Å². The summed E-state index contributed by atoms with van der Waals surface area (Å²) in [6, 6.07) is 17.0. The molecule has 1 aromatic heterocycles. The number of carbonyl (C=O) groups is 9. The van der Waals surface area contributed by atoms with Gasteiger partial charge in [0.1, 0.15) is 30.8 Å². The highest BCUT2D eigenvalue weighted by Crippen LogP contribution is 2.32. The number of likely N-dealkylation sites (N-methyl/N-ethyl adjacent to an activating group) is 2. The van der Waals surface area contributed by atoms with Crippen LogP contribution >= 0.6 is 0 Å². The maximum absolute atomic E-state index is 14.8. The first-order valence-electron chi connectivity index (χ1n) is 34.0. The molecule has 0 spiro atoms. The van der Waals surface area contributed by atoms with Crippen LogP contribution < -0.4 is 31.9 Å². The lowest BCUT2D eigenvalue weighted by molar-refractivity contribution is -0.146. The van der Waals surface area contributed by atoms with E-state index in [2.05, 4.69) is 52.3 Å². The normalized spacial score (nSPS) is 16.4. The molecule has 0 unspecified atom stereocenters. The van der Waals surface area contributed by atoms with Gasteiger partial charge >= 0.3 is 6.09 Å². The summed E-state index contributed by atoms with van der Waals surface area (Å²) in [6.45, 7) is 23.1. The quantitative estimate of drug-likeness (QED) is 0.0257. The second-order valence-electron chi connectivity index (χ2n) is 26.4. The Morgan fingerprint density at radius 1 is 0.684 bits per heavy atom. The molecule has 7 N–H and O–H groups in total. The van der Waals surface area contributed by atoms with Crippen LogP contribution in [0.2, 0.25) is 0 Å². The molecular weight excluding hydrogens is 1260 g/mol. The minimum atomic E-state index is -1.05. The van der Waals surface area contributed by atoms with E-state index < -0.39 is 102 Å². The summed E-state index contributed by atoms with van der Waals surface area (Å²) >= 11 is 0. The van der Waals surface area contributed by atoms with Crippen LogP contribution in [-0.4, -0.2) is 203 Å². The number of rotatable bonds is 38. The molecule has 27 nitrogen and oxygen atoms in total. The van der Waals surface area contributed by atoms with Crippen LogP contribution in [0.25, 0.3) is 11.4 Å². The van der Waals surface area contributed by atoms with Gasteiger partial charge < -0.3 is 65.8 Å². The van der Waals surface area contributed by atoms with E-state index in [4.69, 9.17) is 18.9 Å². The van der Waals surface area contributed by atoms with Crippen molar-refractivity contribution in [3.8, 4) is 11.4 Å². The number of anilines is 1. The zero-order chi connectivity index (χ0) is 72.3. The predicted molar refractivity (Wildman–Crippen MR) is 368 cm³/mol. The highest BCUT2D eigenvalue weighted by Gasteiger charge is 2.43. The van der Waals surface area contributed by atoms with E-state index in [1.54, 1.807) is 95.1 Å². The van der Waals surface area contributed by atoms with Gasteiger partial charge in [-0.3, -0.25) is 43.3 Å². The monoisotopic (exact) mass is 1360 g/mol. The summed E-state index contributed by atoms with van der Waals surface area (Å²) in [4.78, 5) is 128. The van der Waals surface area contributed by atoms with Crippen LogP contribution in [0.3, 0.4) is 0 Å². The van der Waals surface area contributed by atoms with Crippen molar-refractivity contribution in [2.75, 3.05) is 66.0 Å². The van der Waals surface area contributed by atoms with Gasteiger partial charge in [0.15, 0.2) is 6.33 Å². The number of amides is 9. The molecular formula is C71H105N13O14. The summed E-state index contributed by atoms with van der Waals surface area (Å²) in [7, 11) is 4.63. The molecule has 0 radical (unpaired) electrons. The standard InChI is InChI=1S/C71H105N13O14/c1-16-45(8)62(56(95-15)39-58(86)84-34-20-23-55(84)46(9)47(10)65(88)75-48(11)63(87)51-21-18-17-19-22-51)82(13)70(93)60(43(4)5)79-69(92)61(44(6)7)83(14)71(94)98-40-50-24-30-54(31-25-50)77-66(89)49(12)76-68(91)59(42(2)3)78-57(85)32-35-96-37-38-97-36-33-72-67(90)53-28-26-52(27-29-53)64-80-73-41-74-81-64/h17-19,21-22,24-31,41-49,55-56,59-63,87H,16,20,23,32-40H2,1-15H3,(H,72,90)(H,75,88)(H,76,91)(H,77,89)(H,78,85)(H,79,92)/t45-,46+,47+,48+,49-,55-,56+,59-,60-,61-,62-,63+/m0/s1. The molecule has 27 heteroatoms. The van der Waals surface area contributed by atoms with Gasteiger partial charge in [0.25, 0.3) is 5.91 Å². The zero-order valence-corrected chi connectivity index (χ0v) is 59.6. The van der Waals surface area contributed by atoms with Crippen LogP contribution in [0.4, 0.5) is 10.5 Å². The van der Waals surface area contributed by atoms with E-state index >= 15 is 0 Å². The van der Waals surface area contributed by atoms with Gasteiger partial charge in [-0.1, -0.05) is 130 Å². The Bertz CT molecular complexity index is 3200. The molecule has 12 atom stereocenters. The summed E-state index contributed by atoms with van der Waals surface area (Å²) in [5.74, 6) is -4.73. The van der Waals surface area contributed by atoms with Crippen LogP contribution in [0, 0.1) is 35.5 Å². The molecule has 2 heterocycles. The highest BCUT2D eigenvalue weighted by molar-refractivity contribution is 5.98. The lowest BCUT2D eigenvalue weighted by atomic mass is 9.86. The maximum Gasteiger partial charge on any atom is 0.410 e. The number of likely N-dealkylation sites (tertiary alicyclic amines) is 1. The van der Waals surface area contributed by atoms with Gasteiger partial charge in [-0.2, -0.15) is 0 Å². The van der Waals surface area contributed by atoms with Crippen molar-refractivity contribution in [1.82, 2.24) is 61.7 Å². The molecule has 4 aromatic rings. The van der Waals surface area contributed by atoms with E-state index in [-0.39, 0.29) is 93.9 Å². The molecule has 0 bridgehead atoms. The Morgan fingerprint density at radius 2 is 1.32 bits per heavy atom. The Morgan fingerprint density at radius 3 is 1.92 bits per heavy atom. The average Bonchev–Trinajstić information content (AvgIpc) is 1.33. The zero-order valence-electron chi connectivity index (χ0n) is 59.6. The topological polar surface area (TPSA) is 344 Å². The SMILES string of the molecule is CC[C@H](C)[C@@H]([C@@H](CC(=O)N1CCC[C@H]1[C@H](C)[C@@H](C)C(=O)N[C@H](C)[C@@H](O)c1ccccc1)OC)N(C)C(=O)[C@@H](NC(=O)[C@H](C(C)C)N(C)C(=O)OCc1ccc(NC(=O)[C@H](C)NC(=O)[C@@H](NC(=O)CCOCCOCCNC(=O)c2ccc(-c3nncnn3)cc2)C(C)C)cc1)C(C)C. The molecule has 5 rings (SSSR count). The van der Waals surface area contributed by atoms with E-state index in [0.29, 0.717) is 53.2 Å². The largest absolute Gasteiger partial charge is 0.445 e. The molecule has 3 aromatic carbocycles. The van der Waals surface area contributed by atoms with Crippen LogP contribution in [0.15, 0.2) is 85.2 Å². The van der Waals surface area contributed by atoms with Crippen molar-refractivity contribution in [1.29, 1.82) is 0 Å². The van der Waals surface area contributed by atoms with Gasteiger partial charge in [-0.25, -0.2) is 4.79 Å². The smallest absolute Gasteiger partial charge is 0.410 e. The van der Waals surface area contributed by atoms with Gasteiger partial charge in [0.2, 0.25) is 47.2 Å². The molecule has 1 aliphatic heterocycles. The van der Waals surface area contributed by atoms with Gasteiger partial charge in [-0.15, -0.1) is 20.4 Å². The van der Waals surface area contributed by atoms with Gasteiger partial charge in [0, 0.05) is 69.5 Å². The molecule has 0 aliphatic carbocycles. The number of aliphatic hydroxyl groups excluding tert-OH is 1. The third kappa shape index (κ3) is 23.6. The summed E-state index contributed by atoms with van der Waals surface area (Å²) in [5, 5.41) is 43.0. The second-order valence-corrected chi connectivity index (χ2v) is 26.4. The minimum Gasteiger partial charge on any atom is -0.445 e. The fraction of sp³-hybridized carbons (Fsp3) is 0.592. The van der Waals surface area contributed by atoms with Crippen LogP contribution in [0.1, 0.15) is 143 Å². The van der Waals surface area contributed by atoms with Crippen molar-refractivity contribution in [2.45, 2.75) is 176 Å². The van der Waals surface area contributed by atoms with Crippen molar-refractivity contribution in [3.63, 3.8) is 0 Å². The highest BCUT2D eigenvalue weighted by atomic mass is 16.6. The Labute approximate surface area is 576 Å². The number of ether oxygens (including phenoxy) is 4. The molecule has 9 amide bonds. The predicted octanol–water partition coefficient (Wildman–Crippen LogP) is 5.88. The lowest BCUT2D eigenvalue weighted by Gasteiger charge is -2.41. The summed E-state index contributed by atoms with van der Waals surface area (Å²) < 4.78 is 22.9.